The van der Waals surface area contributed by atoms with Gasteiger partial charge in [0.05, 0.1) is 17.6 Å². The number of rotatable bonds is 3. The average Bonchev–Trinajstić information content (AvgIpc) is 3.07. The van der Waals surface area contributed by atoms with Gasteiger partial charge in [0, 0.05) is 10.8 Å². The lowest BCUT2D eigenvalue weighted by Gasteiger charge is -2.04. The number of H-pyrrole nitrogens is 1. The van der Waals surface area contributed by atoms with Gasteiger partial charge in [0.15, 0.2) is 5.16 Å². The first-order valence-electron chi connectivity index (χ1n) is 7.41. The Hall–Kier alpha value is -2.73. The van der Waals surface area contributed by atoms with E-state index < -0.39 is 0 Å². The van der Waals surface area contributed by atoms with Gasteiger partial charge in [-0.05, 0) is 48.5 Å². The maximum absolute atomic E-state index is 13.0. The number of hydrogen-bond donors (Lipinski definition) is 1. The number of fused-ring (bicyclic) bond motifs is 1. The van der Waals surface area contributed by atoms with Crippen molar-refractivity contribution in [3.63, 3.8) is 0 Å². The highest BCUT2D eigenvalue weighted by atomic mass is 32.2. The standard InChI is InChI=1S/C18H13FN4S/c1-11-14-4-2-3-5-15(14)17(23-22-11)24-18-20-10-16(21-18)12-6-8-13(19)9-7-12/h2-10H,1H3,(H,20,21). The van der Waals surface area contributed by atoms with Crippen LogP contribution in [-0.2, 0) is 0 Å². The zero-order valence-corrected chi connectivity index (χ0v) is 13.6. The van der Waals surface area contributed by atoms with Gasteiger partial charge in [-0.3, -0.25) is 0 Å². The highest BCUT2D eigenvalue weighted by molar-refractivity contribution is 7.99. The Bertz CT molecular complexity index is 1010. The highest BCUT2D eigenvalue weighted by Crippen LogP contribution is 2.31. The van der Waals surface area contributed by atoms with Crippen LogP contribution >= 0.6 is 11.8 Å². The van der Waals surface area contributed by atoms with Gasteiger partial charge in [-0.1, -0.05) is 24.3 Å². The van der Waals surface area contributed by atoms with Gasteiger partial charge in [0.2, 0.25) is 0 Å². The van der Waals surface area contributed by atoms with Crippen LogP contribution < -0.4 is 0 Å². The molecule has 0 amide bonds. The summed E-state index contributed by atoms with van der Waals surface area (Å²) >= 11 is 1.43. The Morgan fingerprint density at radius 2 is 1.71 bits per heavy atom. The van der Waals surface area contributed by atoms with Gasteiger partial charge in [0.25, 0.3) is 0 Å². The maximum atomic E-state index is 13.0. The minimum atomic E-state index is -0.255. The smallest absolute Gasteiger partial charge is 0.172 e. The van der Waals surface area contributed by atoms with E-state index in [9.17, 15) is 4.39 Å². The van der Waals surface area contributed by atoms with Gasteiger partial charge >= 0.3 is 0 Å². The second-order valence-corrected chi connectivity index (χ2v) is 6.32. The molecule has 0 bridgehead atoms. The van der Waals surface area contributed by atoms with E-state index in [1.165, 1.54) is 23.9 Å². The molecule has 2 heterocycles. The molecule has 118 valence electrons. The normalized spacial score (nSPS) is 11.1. The lowest BCUT2D eigenvalue weighted by atomic mass is 10.1. The SMILES string of the molecule is Cc1nnc(Sc2ncc(-c3ccc(F)cc3)[nH]2)c2ccccc12. The van der Waals surface area contributed by atoms with Gasteiger partial charge in [0.1, 0.15) is 10.8 Å². The van der Waals surface area contributed by atoms with E-state index in [1.807, 2.05) is 31.2 Å². The third-order valence-corrected chi connectivity index (χ3v) is 4.63. The molecule has 0 aliphatic heterocycles. The molecule has 1 N–H and O–H groups in total. The predicted molar refractivity (Wildman–Crippen MR) is 92.4 cm³/mol. The fourth-order valence-corrected chi connectivity index (χ4v) is 3.33. The van der Waals surface area contributed by atoms with Crippen LogP contribution in [0.2, 0.25) is 0 Å². The zero-order valence-electron chi connectivity index (χ0n) is 12.8. The molecule has 2 aromatic heterocycles. The summed E-state index contributed by atoms with van der Waals surface area (Å²) in [6, 6.07) is 14.4. The molecule has 0 saturated heterocycles. The van der Waals surface area contributed by atoms with Crippen molar-refractivity contribution in [3.8, 4) is 11.3 Å². The minimum absolute atomic E-state index is 0.255. The molecule has 24 heavy (non-hydrogen) atoms. The van der Waals surface area contributed by atoms with Gasteiger partial charge in [-0.15, -0.1) is 5.10 Å². The molecule has 6 heteroatoms. The molecule has 0 fully saturated rings. The quantitative estimate of drug-likeness (QED) is 0.593. The van der Waals surface area contributed by atoms with E-state index in [-0.39, 0.29) is 5.82 Å². The predicted octanol–water partition coefficient (Wildman–Crippen LogP) is 4.62. The number of hydrogen-bond acceptors (Lipinski definition) is 4. The largest absolute Gasteiger partial charge is 0.333 e. The lowest BCUT2D eigenvalue weighted by Crippen LogP contribution is -1.92. The van der Waals surface area contributed by atoms with E-state index in [0.717, 1.165) is 37.9 Å². The first kappa shape index (κ1) is 14.8. The van der Waals surface area contributed by atoms with Crippen molar-refractivity contribution in [3.05, 3.63) is 66.2 Å². The van der Waals surface area contributed by atoms with Crippen molar-refractivity contribution in [1.29, 1.82) is 0 Å². The van der Waals surface area contributed by atoms with E-state index in [0.29, 0.717) is 0 Å². The van der Waals surface area contributed by atoms with Crippen molar-refractivity contribution in [1.82, 2.24) is 20.2 Å². The molecule has 4 rings (SSSR count). The zero-order chi connectivity index (χ0) is 16.5. The van der Waals surface area contributed by atoms with E-state index >= 15 is 0 Å². The van der Waals surface area contributed by atoms with Crippen LogP contribution in [0.4, 0.5) is 4.39 Å². The van der Waals surface area contributed by atoms with Crippen molar-refractivity contribution in [2.45, 2.75) is 17.1 Å². The van der Waals surface area contributed by atoms with Gasteiger partial charge in [-0.2, -0.15) is 5.10 Å². The summed E-state index contributed by atoms with van der Waals surface area (Å²) in [4.78, 5) is 7.62. The molecule has 0 atom stereocenters. The van der Waals surface area contributed by atoms with Gasteiger partial charge in [-0.25, -0.2) is 9.37 Å². The average molecular weight is 336 g/mol. The second kappa shape index (κ2) is 6.05. The number of nitrogens with zero attached hydrogens (tertiary/aromatic N) is 3. The highest BCUT2D eigenvalue weighted by Gasteiger charge is 2.11. The van der Waals surface area contributed by atoms with Crippen LogP contribution in [-0.4, -0.2) is 20.2 Å². The molecule has 2 aromatic carbocycles. The summed E-state index contributed by atoms with van der Waals surface area (Å²) in [5.41, 5.74) is 2.62. The summed E-state index contributed by atoms with van der Waals surface area (Å²) in [5.74, 6) is -0.255. The Morgan fingerprint density at radius 3 is 2.50 bits per heavy atom. The summed E-state index contributed by atoms with van der Waals surface area (Å²) in [5, 5.41) is 12.2. The van der Waals surface area contributed by atoms with Crippen LogP contribution in [0.5, 0.6) is 0 Å². The fourth-order valence-electron chi connectivity index (χ4n) is 2.51. The van der Waals surface area contributed by atoms with Crippen LogP contribution in [0.1, 0.15) is 5.69 Å². The Balaban J connectivity index is 1.67. The van der Waals surface area contributed by atoms with E-state index in [1.54, 1.807) is 18.3 Å². The third kappa shape index (κ3) is 2.76. The second-order valence-electron chi connectivity index (χ2n) is 5.35. The number of halogens is 1. The molecule has 0 unspecified atom stereocenters. The number of imidazole rings is 1. The summed E-state index contributed by atoms with van der Waals surface area (Å²) in [7, 11) is 0. The minimum Gasteiger partial charge on any atom is -0.333 e. The number of aryl methyl sites for hydroxylation is 1. The molecular weight excluding hydrogens is 323 g/mol. The summed E-state index contributed by atoms with van der Waals surface area (Å²) in [6.07, 6.45) is 1.74. The van der Waals surface area contributed by atoms with Crippen molar-refractivity contribution < 1.29 is 4.39 Å². The number of nitrogens with one attached hydrogen (secondary N) is 1. The van der Waals surface area contributed by atoms with E-state index in [4.69, 9.17) is 0 Å². The molecule has 0 aliphatic rings. The molecular formula is C18H13FN4S. The summed E-state index contributed by atoms with van der Waals surface area (Å²) < 4.78 is 13.0. The Morgan fingerprint density at radius 1 is 0.958 bits per heavy atom. The Kier molecular flexibility index (Phi) is 3.74. The number of benzene rings is 2. The van der Waals surface area contributed by atoms with Crippen LogP contribution in [0.15, 0.2) is 64.9 Å². The van der Waals surface area contributed by atoms with Crippen molar-refractivity contribution >= 4 is 22.5 Å². The summed E-state index contributed by atoms with van der Waals surface area (Å²) in [6.45, 7) is 1.95. The van der Waals surface area contributed by atoms with Crippen LogP contribution in [0.3, 0.4) is 0 Å². The van der Waals surface area contributed by atoms with Crippen molar-refractivity contribution in [2.75, 3.05) is 0 Å². The maximum Gasteiger partial charge on any atom is 0.172 e. The number of aromatic amines is 1. The molecule has 0 aliphatic carbocycles. The van der Waals surface area contributed by atoms with Crippen LogP contribution in [0.25, 0.3) is 22.0 Å². The number of aromatic nitrogens is 4. The van der Waals surface area contributed by atoms with Gasteiger partial charge < -0.3 is 4.98 Å². The lowest BCUT2D eigenvalue weighted by molar-refractivity contribution is 0.628. The fraction of sp³-hybridized carbons (Fsp3) is 0.0556. The van der Waals surface area contributed by atoms with Crippen LogP contribution in [0, 0.1) is 12.7 Å². The molecule has 0 radical (unpaired) electrons. The first-order chi connectivity index (χ1) is 11.7. The third-order valence-electron chi connectivity index (χ3n) is 3.74. The first-order valence-corrected chi connectivity index (χ1v) is 8.23. The molecule has 0 saturated carbocycles. The van der Waals surface area contributed by atoms with Crippen molar-refractivity contribution in [2.24, 2.45) is 0 Å². The monoisotopic (exact) mass is 336 g/mol. The Labute approximate surface area is 142 Å². The van der Waals surface area contributed by atoms with E-state index in [2.05, 4.69) is 20.2 Å². The molecule has 4 nitrogen and oxygen atoms in total. The molecule has 0 spiro atoms. The molecule has 4 aromatic rings. The topological polar surface area (TPSA) is 54.5 Å².